The molecule has 0 aliphatic carbocycles. The van der Waals surface area contributed by atoms with Crippen molar-refractivity contribution in [3.05, 3.63) is 228 Å². The van der Waals surface area contributed by atoms with Crippen LogP contribution in [0.2, 0.25) is 0 Å². The van der Waals surface area contributed by atoms with E-state index in [4.69, 9.17) is 5.11 Å². The molecule has 2 heterocycles. The van der Waals surface area contributed by atoms with Crippen LogP contribution >= 0.6 is 45.3 Å². The van der Waals surface area contributed by atoms with Crippen LogP contribution in [-0.2, 0) is 37.9 Å². The monoisotopic (exact) mass is 1470 g/mol. The minimum absolute atomic E-state index is 0. The van der Waals surface area contributed by atoms with Gasteiger partial charge in [0.05, 0.1) is 18.0 Å². The van der Waals surface area contributed by atoms with Gasteiger partial charge < -0.3 is 30.1 Å². The van der Waals surface area contributed by atoms with Crippen molar-refractivity contribution >= 4 is 105 Å². The molecule has 0 unspecified atom stereocenters. The Morgan fingerprint density at radius 2 is 0.726 bits per heavy atom. The number of halogens is 1. The fraction of sp³-hybridized carbons (Fsp3) is 0.320. The Hall–Kier alpha value is -7.24. The third-order valence-corrected chi connectivity index (χ3v) is 10.8. The summed E-state index contributed by atoms with van der Waals surface area (Å²) in [6, 6.07) is 58.6. The number of aliphatic hydroxyl groups excluding tert-OH is 1. The van der Waals surface area contributed by atoms with E-state index in [-0.39, 0.29) is 56.8 Å². The third-order valence-electron chi connectivity index (χ3n) is 9.27. The number of amides is 2. The quantitative estimate of drug-likeness (QED) is 0.0304. The van der Waals surface area contributed by atoms with Gasteiger partial charge in [0.25, 0.3) is 29.7 Å². The van der Waals surface area contributed by atoms with Crippen LogP contribution in [-0.4, -0.2) is 76.2 Å². The van der Waals surface area contributed by atoms with Crippen LogP contribution in [0, 0.1) is 13.8 Å². The molecule has 2 amide bonds. The van der Waals surface area contributed by atoms with Crippen LogP contribution in [0.1, 0.15) is 170 Å². The van der Waals surface area contributed by atoms with Crippen LogP contribution in [0.15, 0.2) is 205 Å². The average Bonchev–Trinajstić information content (AvgIpc) is 1.73. The third kappa shape index (κ3) is 62.6. The number of benzene rings is 6. The molecule has 8 aromatic rings. The van der Waals surface area contributed by atoms with Gasteiger partial charge in [-0.2, -0.15) is 0 Å². The molecule has 8 rings (SSSR count). The molecular formula is C75H109BIN4NaO11S2. The number of nitrogens with one attached hydrogen (secondary N) is 2. The van der Waals surface area contributed by atoms with Crippen molar-refractivity contribution < 1.29 is 83.6 Å². The van der Waals surface area contributed by atoms with E-state index in [1.807, 2.05) is 232 Å². The Morgan fingerprint density at radius 3 is 0.905 bits per heavy atom. The Balaban J connectivity index is -0.000000132. The Labute approximate surface area is 616 Å². The number of anilines is 2. The first kappa shape index (κ1) is 104. The minimum Gasteiger partial charge on any atom is -1.00 e. The average molecular weight is 1470 g/mol. The van der Waals surface area contributed by atoms with E-state index in [9.17, 15) is 33.6 Å². The van der Waals surface area contributed by atoms with E-state index in [2.05, 4.69) is 102 Å². The largest absolute Gasteiger partial charge is 1.00 e. The van der Waals surface area contributed by atoms with Gasteiger partial charge in [-0.25, -0.2) is 9.97 Å². The predicted octanol–water partition coefficient (Wildman–Crippen LogP) is 17.8. The molecule has 20 heteroatoms. The number of thiazole rings is 2. The van der Waals surface area contributed by atoms with Gasteiger partial charge in [-0.3, -0.25) is 34.6 Å². The van der Waals surface area contributed by atoms with E-state index in [1.54, 1.807) is 24.3 Å². The second kappa shape index (κ2) is 79.2. The van der Waals surface area contributed by atoms with Crippen molar-refractivity contribution in [1.82, 2.24) is 9.97 Å². The van der Waals surface area contributed by atoms with Crippen molar-refractivity contribution in [2.75, 3.05) is 22.2 Å². The summed E-state index contributed by atoms with van der Waals surface area (Å²) in [6.45, 7) is 34.7. The van der Waals surface area contributed by atoms with E-state index in [0.29, 0.717) is 34.2 Å². The van der Waals surface area contributed by atoms with E-state index >= 15 is 0 Å². The SMILES string of the molecule is C.C=CCO.CC.CC.CC.CC.CC.CC(=O)OB(OC(C)=O)OC(C)=O.CCCC=O.CCCC=O.CI.Cc1ccccc1.Cc1ccccc1.O=C(Nc1nc(-c2ccccc2)cs1)c1ccccc1.O=C(Nc1nc(-c2ccccc2)cs1)c1ccccc1.[H-].[Na+]. The maximum Gasteiger partial charge on any atom is 1.00 e. The molecule has 0 spiro atoms. The molecule has 0 saturated heterocycles. The summed E-state index contributed by atoms with van der Waals surface area (Å²) in [4.78, 5) is 84.9. The molecule has 2 aromatic heterocycles. The summed E-state index contributed by atoms with van der Waals surface area (Å²) in [5.74, 6) is -2.42. The Bertz CT molecular complexity index is 2790. The second-order valence-electron chi connectivity index (χ2n) is 16.3. The molecule has 518 valence electrons. The molecule has 0 atom stereocenters. The topological polar surface area (TPSA) is 217 Å². The summed E-state index contributed by atoms with van der Waals surface area (Å²) < 4.78 is 13.0. The number of rotatable bonds is 14. The summed E-state index contributed by atoms with van der Waals surface area (Å²) in [5.41, 5.74) is 7.74. The van der Waals surface area contributed by atoms with Crippen LogP contribution in [0.3, 0.4) is 0 Å². The molecule has 0 radical (unpaired) electrons. The van der Waals surface area contributed by atoms with Gasteiger partial charge in [-0.15, -0.1) is 29.3 Å². The van der Waals surface area contributed by atoms with Crippen LogP contribution in [0.25, 0.3) is 22.5 Å². The molecular weight excluding hydrogens is 1360 g/mol. The number of hydrogen-bond donors (Lipinski definition) is 3. The number of aliphatic hydroxyl groups is 1. The first-order valence-electron chi connectivity index (χ1n) is 30.9. The number of aldehydes is 2. The van der Waals surface area contributed by atoms with Crippen LogP contribution in [0.4, 0.5) is 10.3 Å². The first-order chi connectivity index (χ1) is 45.1. The smallest absolute Gasteiger partial charge is 1.00 e. The van der Waals surface area contributed by atoms with E-state index in [0.717, 1.165) is 68.7 Å². The van der Waals surface area contributed by atoms with Gasteiger partial charge in [-0.05, 0) is 55.9 Å². The fourth-order valence-corrected chi connectivity index (χ4v) is 6.88. The van der Waals surface area contributed by atoms with Crippen molar-refractivity contribution in [1.29, 1.82) is 0 Å². The Kier molecular flexibility index (Phi) is 86.6. The maximum atomic E-state index is 12.0. The standard InChI is InChI=1S/2C16H12N2OS.2C7H8.C6H9BO6.2C4H8O.C3H6O.5C2H6.CH3I.CH4.Na.H/c2*19-15(13-9-5-2-6-10-13)18-16-17-14(11-20-16)12-7-3-1-4-8-12;2*1-7-5-3-2-4-6-7;1-4(8)11-7(12-5(2)9)13-6(3)10;2*1-2-3-4-5;1-2-3-4;6*1-2;;;/h2*1-11H,(H,17,18,19);2*2-6H,1H3;1-3H3;2*4H,2-3H2,1H3;2,4H,1,3H2;5*1-2H3;1H3;1H4;;/q;;;;;;;;;;;;;;;+1;-1. The van der Waals surface area contributed by atoms with Gasteiger partial charge >= 0.3 is 36.9 Å². The van der Waals surface area contributed by atoms with E-state index < -0.39 is 25.2 Å². The summed E-state index contributed by atoms with van der Waals surface area (Å²) in [5, 5.41) is 18.5. The zero-order valence-electron chi connectivity index (χ0n) is 60.1. The van der Waals surface area contributed by atoms with Crippen LogP contribution < -0.4 is 40.2 Å². The number of aromatic nitrogens is 2. The van der Waals surface area contributed by atoms with E-state index in [1.165, 1.54) is 39.9 Å². The van der Waals surface area contributed by atoms with Crippen molar-refractivity contribution in [2.45, 2.75) is 151 Å². The molecule has 0 saturated carbocycles. The second-order valence-corrected chi connectivity index (χ2v) is 18.0. The molecule has 95 heavy (non-hydrogen) atoms. The van der Waals surface area contributed by atoms with Gasteiger partial charge in [-0.1, -0.05) is 288 Å². The van der Waals surface area contributed by atoms with Gasteiger partial charge in [0.15, 0.2) is 10.3 Å². The molecule has 0 aliphatic heterocycles. The summed E-state index contributed by atoms with van der Waals surface area (Å²) >= 11 is 5.00. The zero-order valence-corrected chi connectivity index (χ0v) is 64.9. The number of alkyl halides is 1. The molecule has 3 N–H and O–H groups in total. The normalized spacial score (nSPS) is 8.17. The Morgan fingerprint density at radius 1 is 0.495 bits per heavy atom. The predicted molar refractivity (Wildman–Crippen MR) is 411 cm³/mol. The van der Waals surface area contributed by atoms with Crippen LogP contribution in [0.5, 0.6) is 0 Å². The maximum absolute atomic E-state index is 12.0. The number of carbonyl (C=O) groups excluding carboxylic acids is 7. The minimum atomic E-state index is -1.59. The van der Waals surface area contributed by atoms with Gasteiger partial charge in [0.2, 0.25) is 0 Å². The first-order valence-corrected chi connectivity index (χ1v) is 34.8. The molecule has 0 fully saturated rings. The van der Waals surface area contributed by atoms with Gasteiger partial charge in [0.1, 0.15) is 12.6 Å². The van der Waals surface area contributed by atoms with Crippen molar-refractivity contribution in [2.24, 2.45) is 0 Å². The molecule has 15 nitrogen and oxygen atoms in total. The zero-order chi connectivity index (χ0) is 71.9. The number of nitrogens with zero attached hydrogens (tertiary/aromatic N) is 2. The van der Waals surface area contributed by atoms with Gasteiger partial charge in [0, 0.05) is 66.6 Å². The van der Waals surface area contributed by atoms with Crippen molar-refractivity contribution in [3.63, 3.8) is 0 Å². The number of unbranched alkanes of at least 4 members (excludes halogenated alkanes) is 2. The fourth-order valence-electron chi connectivity index (χ4n) is 5.45. The molecule has 0 aliphatic rings. The number of hydrogen-bond acceptors (Lipinski definition) is 15. The number of aryl methyl sites for hydroxylation is 2. The summed E-state index contributed by atoms with van der Waals surface area (Å²) in [7, 11) is -1.59. The molecule has 6 aromatic carbocycles. The number of carbonyl (C=O) groups is 7. The van der Waals surface area contributed by atoms with Crippen molar-refractivity contribution in [3.8, 4) is 22.5 Å². The molecule has 0 bridgehead atoms. The summed E-state index contributed by atoms with van der Waals surface area (Å²) in [6.07, 6.45) is 6.66.